The van der Waals surface area contributed by atoms with Gasteiger partial charge in [0.25, 0.3) is 0 Å². The predicted octanol–water partition coefficient (Wildman–Crippen LogP) is 3.89. The predicted molar refractivity (Wildman–Crippen MR) is 55.6 cm³/mol. The fourth-order valence-electron chi connectivity index (χ4n) is 0.610. The number of ether oxygens (including phenoxy) is 1. The number of halogens is 1. The van der Waals surface area contributed by atoms with Crippen molar-refractivity contribution in [3.63, 3.8) is 0 Å². The second-order valence-electron chi connectivity index (χ2n) is 1.63. The summed E-state index contributed by atoms with van der Waals surface area (Å²) in [6.07, 6.45) is 0. The molecule has 13 heavy (non-hydrogen) atoms. The molecule has 0 bridgehead atoms. The molecule has 1 aromatic rings. The van der Waals surface area contributed by atoms with Crippen molar-refractivity contribution >= 4 is 0 Å². The lowest BCUT2D eigenvalue weighted by molar-refractivity contribution is 0.386. The molecule has 0 heterocycles. The van der Waals surface area contributed by atoms with Crippen molar-refractivity contribution in [2.24, 2.45) is 0 Å². The van der Waals surface area contributed by atoms with Gasteiger partial charge in [-0.15, -0.1) is 0 Å². The molecule has 0 spiro atoms. The molecular weight excluding hydrogens is 167 g/mol. The van der Waals surface area contributed by atoms with Crippen LogP contribution in [0.4, 0.5) is 4.39 Å². The van der Waals surface area contributed by atoms with Crippen LogP contribution in [0.15, 0.2) is 24.3 Å². The first-order valence-corrected chi connectivity index (χ1v) is 4.63. The van der Waals surface area contributed by atoms with Crippen molar-refractivity contribution in [3.05, 3.63) is 30.1 Å². The quantitative estimate of drug-likeness (QED) is 0.646. The van der Waals surface area contributed by atoms with Gasteiger partial charge in [-0.05, 0) is 12.1 Å². The van der Waals surface area contributed by atoms with Crippen LogP contribution in [-0.2, 0) is 0 Å². The van der Waals surface area contributed by atoms with E-state index in [1.807, 2.05) is 27.7 Å². The minimum atomic E-state index is -0.319. The second kappa shape index (κ2) is 11.0. The van der Waals surface area contributed by atoms with Gasteiger partial charge in [-0.3, -0.25) is 0 Å². The third kappa shape index (κ3) is 6.14. The first-order valence-electron chi connectivity index (χ1n) is 4.63. The van der Waals surface area contributed by atoms with Crippen LogP contribution in [0.25, 0.3) is 0 Å². The van der Waals surface area contributed by atoms with Crippen LogP contribution in [0.5, 0.6) is 5.75 Å². The van der Waals surface area contributed by atoms with Gasteiger partial charge in [-0.1, -0.05) is 39.8 Å². The summed E-state index contributed by atoms with van der Waals surface area (Å²) in [5.41, 5.74) is 0. The highest BCUT2D eigenvalue weighted by Gasteiger charge is 1.95. The van der Waals surface area contributed by atoms with Crippen molar-refractivity contribution in [1.29, 1.82) is 0 Å². The molecule has 0 atom stereocenters. The van der Waals surface area contributed by atoms with Crippen LogP contribution in [-0.4, -0.2) is 7.11 Å². The molecule has 0 saturated heterocycles. The Balaban J connectivity index is 0. The molecule has 0 amide bonds. The zero-order valence-corrected chi connectivity index (χ0v) is 9.10. The van der Waals surface area contributed by atoms with Crippen molar-refractivity contribution in [2.45, 2.75) is 27.7 Å². The normalized spacial score (nSPS) is 7.23. The Morgan fingerprint density at radius 2 is 1.46 bits per heavy atom. The molecule has 2 heteroatoms. The van der Waals surface area contributed by atoms with Gasteiger partial charge in [0.2, 0.25) is 0 Å². The monoisotopic (exact) mass is 186 g/mol. The van der Waals surface area contributed by atoms with Gasteiger partial charge in [0.05, 0.1) is 7.11 Å². The third-order valence-electron chi connectivity index (χ3n) is 1.06. The van der Waals surface area contributed by atoms with E-state index in [9.17, 15) is 4.39 Å². The molecule has 1 aromatic carbocycles. The van der Waals surface area contributed by atoms with Crippen molar-refractivity contribution in [3.8, 4) is 5.75 Å². The fraction of sp³-hybridized carbons (Fsp3) is 0.455. The van der Waals surface area contributed by atoms with Crippen molar-refractivity contribution in [1.82, 2.24) is 0 Å². The lowest BCUT2D eigenvalue weighted by Gasteiger charge is -1.97. The number of benzene rings is 1. The maximum Gasteiger partial charge on any atom is 0.165 e. The standard InChI is InChI=1S/C7H7FO.2C2H6/c1-9-7-5-3-2-4-6(7)8;2*1-2/h2-5H,1H3;2*1-2H3. The average Bonchev–Trinajstić information content (AvgIpc) is 2.24. The topological polar surface area (TPSA) is 9.23 Å². The molecule has 0 unspecified atom stereocenters. The summed E-state index contributed by atoms with van der Waals surface area (Å²) < 4.78 is 17.1. The van der Waals surface area contributed by atoms with Crippen LogP contribution in [0.3, 0.4) is 0 Å². The molecule has 0 N–H and O–H groups in total. The molecule has 0 fully saturated rings. The number of para-hydroxylation sites is 1. The Morgan fingerprint density at radius 3 is 1.77 bits per heavy atom. The lowest BCUT2D eigenvalue weighted by atomic mass is 10.3. The van der Waals surface area contributed by atoms with Gasteiger partial charge in [0, 0.05) is 0 Å². The van der Waals surface area contributed by atoms with E-state index in [1.54, 1.807) is 18.2 Å². The minimum absolute atomic E-state index is 0.289. The maximum absolute atomic E-state index is 12.5. The van der Waals surface area contributed by atoms with E-state index in [2.05, 4.69) is 4.74 Å². The Morgan fingerprint density at radius 1 is 1.00 bits per heavy atom. The van der Waals surface area contributed by atoms with E-state index in [0.29, 0.717) is 0 Å². The van der Waals surface area contributed by atoms with Gasteiger partial charge in [-0.2, -0.15) is 0 Å². The Hall–Kier alpha value is -1.05. The molecule has 1 rings (SSSR count). The van der Waals surface area contributed by atoms with Crippen LogP contribution < -0.4 is 4.74 Å². The molecule has 0 aliphatic heterocycles. The van der Waals surface area contributed by atoms with Crippen LogP contribution in [0.1, 0.15) is 27.7 Å². The van der Waals surface area contributed by atoms with Gasteiger partial charge >= 0.3 is 0 Å². The highest BCUT2D eigenvalue weighted by Crippen LogP contribution is 2.13. The number of hydrogen-bond acceptors (Lipinski definition) is 1. The zero-order chi connectivity index (χ0) is 10.7. The maximum atomic E-state index is 12.5. The summed E-state index contributed by atoms with van der Waals surface area (Å²) >= 11 is 0. The smallest absolute Gasteiger partial charge is 0.165 e. The van der Waals surface area contributed by atoms with Crippen molar-refractivity contribution in [2.75, 3.05) is 7.11 Å². The number of methoxy groups -OCH3 is 1. The van der Waals surface area contributed by atoms with Gasteiger partial charge in [0.1, 0.15) is 0 Å². The van der Waals surface area contributed by atoms with E-state index < -0.39 is 0 Å². The Bertz CT molecular complexity index is 199. The third-order valence-corrected chi connectivity index (χ3v) is 1.06. The number of hydrogen-bond donors (Lipinski definition) is 0. The lowest BCUT2D eigenvalue weighted by Crippen LogP contribution is -1.85. The summed E-state index contributed by atoms with van der Waals surface area (Å²) in [5, 5.41) is 0. The van der Waals surface area contributed by atoms with E-state index in [1.165, 1.54) is 13.2 Å². The molecule has 0 aliphatic carbocycles. The first-order chi connectivity index (χ1) is 6.34. The highest BCUT2D eigenvalue weighted by molar-refractivity contribution is 5.23. The Labute approximate surface area is 80.5 Å². The molecule has 0 aliphatic rings. The summed E-state index contributed by atoms with van der Waals surface area (Å²) in [6.45, 7) is 8.00. The first kappa shape index (κ1) is 14.5. The average molecular weight is 186 g/mol. The largest absolute Gasteiger partial charge is 0.494 e. The summed E-state index contributed by atoms with van der Waals surface area (Å²) in [6, 6.07) is 6.29. The van der Waals surface area contributed by atoms with E-state index in [-0.39, 0.29) is 11.6 Å². The summed E-state index contributed by atoms with van der Waals surface area (Å²) in [5.74, 6) is -0.0301. The van der Waals surface area contributed by atoms with E-state index in [4.69, 9.17) is 0 Å². The molecule has 0 saturated carbocycles. The Kier molecular flexibility index (Phi) is 12.2. The van der Waals surface area contributed by atoms with Crippen LogP contribution in [0, 0.1) is 5.82 Å². The summed E-state index contributed by atoms with van der Waals surface area (Å²) in [4.78, 5) is 0. The highest BCUT2D eigenvalue weighted by atomic mass is 19.1. The molecule has 76 valence electrons. The van der Waals surface area contributed by atoms with E-state index in [0.717, 1.165) is 0 Å². The molecule has 0 radical (unpaired) electrons. The second-order valence-corrected chi connectivity index (χ2v) is 1.63. The SMILES string of the molecule is CC.CC.COc1ccccc1F. The summed E-state index contributed by atoms with van der Waals surface area (Å²) in [7, 11) is 1.44. The molecule has 0 aromatic heterocycles. The van der Waals surface area contributed by atoms with Gasteiger partial charge < -0.3 is 4.74 Å². The number of rotatable bonds is 1. The van der Waals surface area contributed by atoms with Gasteiger partial charge in [0.15, 0.2) is 11.6 Å². The minimum Gasteiger partial charge on any atom is -0.494 e. The van der Waals surface area contributed by atoms with Crippen LogP contribution in [0.2, 0.25) is 0 Å². The molecular formula is C11H19FO. The molecule has 1 nitrogen and oxygen atoms in total. The van der Waals surface area contributed by atoms with E-state index >= 15 is 0 Å². The van der Waals surface area contributed by atoms with Crippen molar-refractivity contribution < 1.29 is 9.13 Å². The fourth-order valence-corrected chi connectivity index (χ4v) is 0.610. The zero-order valence-electron chi connectivity index (χ0n) is 9.10. The van der Waals surface area contributed by atoms with Crippen LogP contribution >= 0.6 is 0 Å². The van der Waals surface area contributed by atoms with Gasteiger partial charge in [-0.25, -0.2) is 4.39 Å².